The van der Waals surface area contributed by atoms with E-state index in [-0.39, 0.29) is 18.7 Å². The van der Waals surface area contributed by atoms with Crippen molar-refractivity contribution in [1.29, 1.82) is 0 Å². The van der Waals surface area contributed by atoms with Crippen LogP contribution in [-0.2, 0) is 4.79 Å². The molecule has 1 aromatic carbocycles. The summed E-state index contributed by atoms with van der Waals surface area (Å²) in [6.07, 6.45) is 1.52. The van der Waals surface area contributed by atoms with Gasteiger partial charge in [0.25, 0.3) is 5.69 Å². The molecule has 0 amide bonds. The number of nitro benzene ring substituents is 1. The van der Waals surface area contributed by atoms with Gasteiger partial charge in [-0.2, -0.15) is 0 Å². The second-order valence-corrected chi connectivity index (χ2v) is 3.89. The Morgan fingerprint density at radius 1 is 1.42 bits per heavy atom. The van der Waals surface area contributed by atoms with E-state index in [0.29, 0.717) is 11.2 Å². The highest BCUT2D eigenvalue weighted by Crippen LogP contribution is 2.25. The first-order valence-electron chi connectivity index (χ1n) is 5.57. The van der Waals surface area contributed by atoms with Crippen LogP contribution in [0.2, 0.25) is 0 Å². The van der Waals surface area contributed by atoms with Gasteiger partial charge < -0.3 is 10.4 Å². The second kappa shape index (κ2) is 5.30. The number of fused-ring (bicyclic) bond motifs is 1. The van der Waals surface area contributed by atoms with E-state index in [0.717, 1.165) is 5.39 Å². The van der Waals surface area contributed by atoms with Gasteiger partial charge in [0, 0.05) is 30.3 Å². The number of non-ortho nitro benzene ring substituents is 1. The van der Waals surface area contributed by atoms with Crippen LogP contribution in [0.4, 0.5) is 11.5 Å². The first-order chi connectivity index (χ1) is 9.08. The monoisotopic (exact) mass is 261 g/mol. The van der Waals surface area contributed by atoms with Gasteiger partial charge >= 0.3 is 5.97 Å². The van der Waals surface area contributed by atoms with Crippen LogP contribution in [0.15, 0.2) is 30.5 Å². The molecule has 1 aromatic heterocycles. The maximum Gasteiger partial charge on any atom is 0.305 e. The van der Waals surface area contributed by atoms with Crippen molar-refractivity contribution in [1.82, 2.24) is 4.98 Å². The fraction of sp³-hybridized carbons (Fsp3) is 0.167. The Labute approximate surface area is 108 Å². The molecule has 0 fully saturated rings. The molecular formula is C12H11N3O4. The van der Waals surface area contributed by atoms with Crippen molar-refractivity contribution in [3.63, 3.8) is 0 Å². The summed E-state index contributed by atoms with van der Waals surface area (Å²) in [5.41, 5.74) is -0.0261. The minimum atomic E-state index is -0.918. The average Bonchev–Trinajstić information content (AvgIpc) is 2.38. The van der Waals surface area contributed by atoms with E-state index in [4.69, 9.17) is 5.11 Å². The number of anilines is 1. The first-order valence-corrected chi connectivity index (χ1v) is 5.57. The summed E-state index contributed by atoms with van der Waals surface area (Å²) in [6, 6.07) is 6.22. The molecule has 7 nitrogen and oxygen atoms in total. The fourth-order valence-electron chi connectivity index (χ4n) is 1.70. The van der Waals surface area contributed by atoms with E-state index in [1.54, 1.807) is 18.3 Å². The number of nitrogens with zero attached hydrogens (tertiary/aromatic N) is 2. The Kier molecular flexibility index (Phi) is 3.56. The van der Waals surface area contributed by atoms with Gasteiger partial charge in [0.15, 0.2) is 0 Å². The van der Waals surface area contributed by atoms with E-state index < -0.39 is 10.9 Å². The zero-order valence-electron chi connectivity index (χ0n) is 9.87. The van der Waals surface area contributed by atoms with Gasteiger partial charge in [-0.1, -0.05) is 0 Å². The molecule has 0 aliphatic heterocycles. The average molecular weight is 261 g/mol. The summed E-state index contributed by atoms with van der Waals surface area (Å²) in [6.45, 7) is 0.212. The Bertz CT molecular complexity index is 642. The van der Waals surface area contributed by atoms with Crippen LogP contribution in [-0.4, -0.2) is 27.5 Å². The Morgan fingerprint density at radius 2 is 2.21 bits per heavy atom. The molecule has 7 heteroatoms. The molecule has 0 bridgehead atoms. The van der Waals surface area contributed by atoms with Crippen molar-refractivity contribution >= 4 is 28.2 Å². The van der Waals surface area contributed by atoms with E-state index >= 15 is 0 Å². The molecule has 2 rings (SSSR count). The lowest BCUT2D eigenvalue weighted by atomic mass is 10.1. The van der Waals surface area contributed by atoms with Crippen LogP contribution in [0.1, 0.15) is 6.42 Å². The number of pyridine rings is 1. The van der Waals surface area contributed by atoms with E-state index in [2.05, 4.69) is 10.3 Å². The minimum absolute atomic E-state index is 0.0261. The Morgan fingerprint density at radius 3 is 2.89 bits per heavy atom. The molecule has 2 aromatic rings. The van der Waals surface area contributed by atoms with Crippen molar-refractivity contribution in [3.05, 3.63) is 40.6 Å². The number of carbonyl (C=O) groups is 1. The van der Waals surface area contributed by atoms with Gasteiger partial charge in [-0.3, -0.25) is 14.9 Å². The van der Waals surface area contributed by atoms with Crippen LogP contribution >= 0.6 is 0 Å². The molecule has 1 heterocycles. The minimum Gasteiger partial charge on any atom is -0.481 e. The van der Waals surface area contributed by atoms with Crippen LogP contribution in [0.3, 0.4) is 0 Å². The van der Waals surface area contributed by atoms with Gasteiger partial charge in [0.1, 0.15) is 5.82 Å². The Hall–Kier alpha value is -2.70. The van der Waals surface area contributed by atoms with Gasteiger partial charge in [0.2, 0.25) is 0 Å². The first kappa shape index (κ1) is 12.7. The third-order valence-electron chi connectivity index (χ3n) is 2.59. The number of aromatic nitrogens is 1. The number of carboxylic acids is 1. The summed E-state index contributed by atoms with van der Waals surface area (Å²) in [5.74, 6) is -0.471. The molecule has 0 atom stereocenters. The maximum absolute atomic E-state index is 10.7. The molecule has 2 N–H and O–H groups in total. The van der Waals surface area contributed by atoms with Gasteiger partial charge in [-0.15, -0.1) is 0 Å². The smallest absolute Gasteiger partial charge is 0.305 e. The summed E-state index contributed by atoms with van der Waals surface area (Å²) >= 11 is 0. The van der Waals surface area contributed by atoms with Gasteiger partial charge in [0.05, 0.1) is 11.3 Å². The van der Waals surface area contributed by atoms with E-state index in [9.17, 15) is 14.9 Å². The lowest BCUT2D eigenvalue weighted by Gasteiger charge is -2.07. The third-order valence-corrected chi connectivity index (χ3v) is 2.59. The molecule has 19 heavy (non-hydrogen) atoms. The predicted octanol–water partition coefficient (Wildman–Crippen LogP) is 2.03. The zero-order chi connectivity index (χ0) is 13.8. The van der Waals surface area contributed by atoms with E-state index in [1.807, 2.05) is 0 Å². The number of nitrogens with one attached hydrogen (secondary N) is 1. The summed E-state index contributed by atoms with van der Waals surface area (Å²) in [5, 5.41) is 23.6. The zero-order valence-corrected chi connectivity index (χ0v) is 9.87. The molecule has 0 spiro atoms. The lowest BCUT2D eigenvalue weighted by molar-refractivity contribution is -0.384. The highest BCUT2D eigenvalue weighted by molar-refractivity contribution is 5.93. The SMILES string of the molecule is O=C(O)CCNc1nccc2ccc([N+](=O)[O-])cc12. The van der Waals surface area contributed by atoms with Crippen LogP contribution in [0, 0.1) is 10.1 Å². The largest absolute Gasteiger partial charge is 0.481 e. The molecule has 0 unspecified atom stereocenters. The summed E-state index contributed by atoms with van der Waals surface area (Å²) in [4.78, 5) is 24.8. The van der Waals surface area contributed by atoms with Gasteiger partial charge in [-0.25, -0.2) is 4.98 Å². The number of hydrogen-bond donors (Lipinski definition) is 2. The normalized spacial score (nSPS) is 10.3. The number of aliphatic carboxylic acids is 1. The lowest BCUT2D eigenvalue weighted by Crippen LogP contribution is -2.08. The molecule has 0 radical (unpaired) electrons. The molecule has 0 saturated carbocycles. The molecule has 0 saturated heterocycles. The molecule has 0 aliphatic carbocycles. The van der Waals surface area contributed by atoms with Crippen molar-refractivity contribution in [2.24, 2.45) is 0 Å². The van der Waals surface area contributed by atoms with Crippen LogP contribution < -0.4 is 5.32 Å². The number of nitro groups is 1. The standard InChI is InChI=1S/C12H11N3O4/c16-11(17)4-6-14-12-10-7-9(15(18)19)2-1-8(10)3-5-13-12/h1-3,5,7H,4,6H2,(H,13,14)(H,16,17). The summed E-state index contributed by atoms with van der Waals surface area (Å²) in [7, 11) is 0. The highest BCUT2D eigenvalue weighted by atomic mass is 16.6. The topological polar surface area (TPSA) is 105 Å². The van der Waals surface area contributed by atoms with Crippen molar-refractivity contribution in [3.8, 4) is 0 Å². The molecule has 0 aliphatic rings. The number of rotatable bonds is 5. The highest BCUT2D eigenvalue weighted by Gasteiger charge is 2.09. The second-order valence-electron chi connectivity index (χ2n) is 3.89. The van der Waals surface area contributed by atoms with Crippen LogP contribution in [0.5, 0.6) is 0 Å². The predicted molar refractivity (Wildman–Crippen MR) is 69.1 cm³/mol. The summed E-state index contributed by atoms with van der Waals surface area (Å²) < 4.78 is 0. The van der Waals surface area contributed by atoms with Crippen molar-refractivity contribution in [2.45, 2.75) is 6.42 Å². The van der Waals surface area contributed by atoms with Crippen LogP contribution in [0.25, 0.3) is 10.8 Å². The fourth-order valence-corrected chi connectivity index (χ4v) is 1.70. The van der Waals surface area contributed by atoms with E-state index in [1.165, 1.54) is 12.1 Å². The third kappa shape index (κ3) is 2.95. The number of benzene rings is 1. The molecular weight excluding hydrogens is 250 g/mol. The number of hydrogen-bond acceptors (Lipinski definition) is 5. The van der Waals surface area contributed by atoms with Gasteiger partial charge in [-0.05, 0) is 17.5 Å². The number of carboxylic acid groups (broad SMARTS) is 1. The maximum atomic E-state index is 10.7. The van der Waals surface area contributed by atoms with Crippen molar-refractivity contribution < 1.29 is 14.8 Å². The van der Waals surface area contributed by atoms with Crippen molar-refractivity contribution in [2.75, 3.05) is 11.9 Å². The quantitative estimate of drug-likeness (QED) is 0.630. The molecule has 98 valence electrons. The Balaban J connectivity index is 2.34.